The molecule has 0 atom stereocenters. The van der Waals surface area contributed by atoms with Crippen molar-refractivity contribution < 1.29 is 4.79 Å². The highest BCUT2D eigenvalue weighted by atomic mass is 79.9. The number of hydrogen-bond acceptors (Lipinski definition) is 2. The van der Waals surface area contributed by atoms with Gasteiger partial charge in [0.15, 0.2) is 0 Å². The zero-order valence-corrected chi connectivity index (χ0v) is 11.8. The maximum absolute atomic E-state index is 12.0. The van der Waals surface area contributed by atoms with E-state index in [1.165, 1.54) is 0 Å². The minimum absolute atomic E-state index is 0.197. The quantitative estimate of drug-likeness (QED) is 0.888. The van der Waals surface area contributed by atoms with Crippen molar-refractivity contribution >= 4 is 43.6 Å². The molecule has 3 nitrogen and oxygen atoms in total. The summed E-state index contributed by atoms with van der Waals surface area (Å²) >= 11 is 6.68. The molecule has 0 aliphatic heterocycles. The van der Waals surface area contributed by atoms with Gasteiger partial charge in [-0.1, -0.05) is 22.0 Å². The third kappa shape index (κ3) is 3.14. The fourth-order valence-electron chi connectivity index (χ4n) is 1.29. The van der Waals surface area contributed by atoms with Crippen molar-refractivity contribution in [2.24, 2.45) is 0 Å². The molecule has 0 aliphatic carbocycles. The maximum atomic E-state index is 12.0. The number of carbonyl (C=O) groups is 1. The fraction of sp³-hybridized carbons (Fsp3) is 0. The van der Waals surface area contributed by atoms with Crippen LogP contribution in [-0.2, 0) is 0 Å². The number of aromatic nitrogens is 1. The lowest BCUT2D eigenvalue weighted by molar-refractivity contribution is 0.102. The Morgan fingerprint density at radius 1 is 1.18 bits per heavy atom. The molecule has 0 spiro atoms. The summed E-state index contributed by atoms with van der Waals surface area (Å²) < 4.78 is 1.60. The van der Waals surface area contributed by atoms with Crippen LogP contribution in [0.1, 0.15) is 10.4 Å². The highest BCUT2D eigenvalue weighted by molar-refractivity contribution is 9.11. The fourth-order valence-corrected chi connectivity index (χ4v) is 2.08. The Kier molecular flexibility index (Phi) is 3.91. The summed E-state index contributed by atoms with van der Waals surface area (Å²) in [5, 5.41) is 2.73. The van der Waals surface area contributed by atoms with Crippen molar-refractivity contribution in [3.8, 4) is 0 Å². The summed E-state index contributed by atoms with van der Waals surface area (Å²) in [6.45, 7) is 0. The summed E-state index contributed by atoms with van der Waals surface area (Å²) in [5.74, 6) is 0.334. The molecule has 1 heterocycles. The smallest absolute Gasteiger partial charge is 0.258 e. The van der Waals surface area contributed by atoms with Crippen LogP contribution >= 0.6 is 31.9 Å². The van der Waals surface area contributed by atoms with Crippen molar-refractivity contribution in [1.82, 2.24) is 4.98 Å². The van der Waals surface area contributed by atoms with Crippen LogP contribution in [0.15, 0.2) is 51.5 Å². The van der Waals surface area contributed by atoms with Crippen molar-refractivity contribution in [2.45, 2.75) is 0 Å². The number of benzene rings is 1. The molecule has 1 aromatic carbocycles. The van der Waals surface area contributed by atoms with Gasteiger partial charge in [-0.3, -0.25) is 4.79 Å². The summed E-state index contributed by atoms with van der Waals surface area (Å²) in [6.07, 6.45) is 1.63. The first-order chi connectivity index (χ1) is 8.16. The van der Waals surface area contributed by atoms with Gasteiger partial charge in [-0.15, -0.1) is 0 Å². The van der Waals surface area contributed by atoms with E-state index in [1.54, 1.807) is 24.4 Å². The molecular formula is C12H8Br2N2O. The number of hydrogen-bond donors (Lipinski definition) is 1. The van der Waals surface area contributed by atoms with Gasteiger partial charge in [-0.2, -0.15) is 0 Å². The van der Waals surface area contributed by atoms with E-state index in [2.05, 4.69) is 42.2 Å². The molecule has 0 aliphatic rings. The molecule has 2 aromatic rings. The number of halogens is 2. The highest BCUT2D eigenvalue weighted by Crippen LogP contribution is 2.22. The normalized spacial score (nSPS) is 10.0. The maximum Gasteiger partial charge on any atom is 0.258 e. The van der Waals surface area contributed by atoms with Crippen molar-refractivity contribution in [3.05, 3.63) is 57.1 Å². The number of nitrogens with zero attached hydrogens (tertiary/aromatic N) is 1. The lowest BCUT2D eigenvalue weighted by Crippen LogP contribution is -2.13. The van der Waals surface area contributed by atoms with Crippen molar-refractivity contribution in [2.75, 3.05) is 5.32 Å². The molecule has 1 N–H and O–H groups in total. The SMILES string of the molecule is O=C(Nc1ccccn1)c1cc(Br)ccc1Br. The van der Waals surface area contributed by atoms with Crippen molar-refractivity contribution in [3.63, 3.8) is 0 Å². The third-order valence-electron chi connectivity index (χ3n) is 2.08. The van der Waals surface area contributed by atoms with Crippen LogP contribution in [0, 0.1) is 0 Å². The Balaban J connectivity index is 2.23. The van der Waals surface area contributed by atoms with Gasteiger partial charge in [0.05, 0.1) is 5.56 Å². The minimum Gasteiger partial charge on any atom is -0.307 e. The zero-order chi connectivity index (χ0) is 12.3. The van der Waals surface area contributed by atoms with Gasteiger partial charge < -0.3 is 5.32 Å². The van der Waals surface area contributed by atoms with E-state index >= 15 is 0 Å². The van der Waals surface area contributed by atoms with E-state index in [0.717, 1.165) is 8.95 Å². The Hall–Kier alpha value is -1.20. The van der Waals surface area contributed by atoms with Crippen LogP contribution in [0.2, 0.25) is 0 Å². The van der Waals surface area contributed by atoms with Gasteiger partial charge in [-0.25, -0.2) is 4.98 Å². The Morgan fingerprint density at radius 2 is 2.00 bits per heavy atom. The van der Waals surface area contributed by atoms with Gasteiger partial charge in [0.1, 0.15) is 5.82 Å². The molecule has 0 unspecified atom stereocenters. The first-order valence-electron chi connectivity index (χ1n) is 4.84. The lowest BCUT2D eigenvalue weighted by Gasteiger charge is -2.06. The summed E-state index contributed by atoms with van der Waals surface area (Å²) in [7, 11) is 0. The first-order valence-corrected chi connectivity index (χ1v) is 6.43. The molecule has 86 valence electrons. The van der Waals surface area contributed by atoms with E-state index in [9.17, 15) is 4.79 Å². The molecule has 0 radical (unpaired) electrons. The molecule has 0 saturated heterocycles. The minimum atomic E-state index is -0.197. The standard InChI is InChI=1S/C12H8Br2N2O/c13-8-4-5-10(14)9(7-8)12(17)16-11-3-1-2-6-15-11/h1-7H,(H,15,16,17). The molecule has 0 bridgehead atoms. The van der Waals surface area contributed by atoms with Crippen LogP contribution in [-0.4, -0.2) is 10.9 Å². The molecule has 0 fully saturated rings. The van der Waals surface area contributed by atoms with Crippen LogP contribution in [0.5, 0.6) is 0 Å². The first kappa shape index (κ1) is 12.3. The topological polar surface area (TPSA) is 42.0 Å². The number of carbonyl (C=O) groups excluding carboxylic acids is 1. The van der Waals surface area contributed by atoms with Gasteiger partial charge in [0, 0.05) is 15.1 Å². The number of amides is 1. The average molecular weight is 356 g/mol. The lowest BCUT2D eigenvalue weighted by atomic mass is 10.2. The highest BCUT2D eigenvalue weighted by Gasteiger charge is 2.10. The molecule has 17 heavy (non-hydrogen) atoms. The predicted octanol–water partition coefficient (Wildman–Crippen LogP) is 3.86. The van der Waals surface area contributed by atoms with Gasteiger partial charge in [0.2, 0.25) is 0 Å². The van der Waals surface area contributed by atoms with E-state index in [4.69, 9.17) is 0 Å². The van der Waals surface area contributed by atoms with Crippen LogP contribution < -0.4 is 5.32 Å². The second-order valence-electron chi connectivity index (χ2n) is 3.29. The van der Waals surface area contributed by atoms with Crippen molar-refractivity contribution in [1.29, 1.82) is 0 Å². The predicted molar refractivity (Wildman–Crippen MR) is 74.0 cm³/mol. The Morgan fingerprint density at radius 3 is 2.71 bits per heavy atom. The summed E-state index contributed by atoms with van der Waals surface area (Å²) in [5.41, 5.74) is 0.560. The number of rotatable bonds is 2. The largest absolute Gasteiger partial charge is 0.307 e. The summed E-state index contributed by atoms with van der Waals surface area (Å²) in [4.78, 5) is 16.0. The number of nitrogens with one attached hydrogen (secondary N) is 1. The second kappa shape index (κ2) is 5.42. The number of pyridine rings is 1. The molecular weight excluding hydrogens is 348 g/mol. The Labute approximate surface area is 116 Å². The zero-order valence-electron chi connectivity index (χ0n) is 8.65. The van der Waals surface area contributed by atoms with E-state index < -0.39 is 0 Å². The molecule has 5 heteroatoms. The van der Waals surface area contributed by atoms with Gasteiger partial charge >= 0.3 is 0 Å². The molecule has 1 amide bonds. The summed E-state index contributed by atoms with van der Waals surface area (Å²) in [6, 6.07) is 10.8. The molecule has 1 aromatic heterocycles. The van der Waals surface area contributed by atoms with Crippen LogP contribution in [0.4, 0.5) is 5.82 Å². The van der Waals surface area contributed by atoms with Gasteiger partial charge in [-0.05, 0) is 46.3 Å². The average Bonchev–Trinajstić information content (AvgIpc) is 2.33. The Bertz CT molecular complexity index is 543. The van der Waals surface area contributed by atoms with Crippen LogP contribution in [0.3, 0.4) is 0 Å². The number of anilines is 1. The molecule has 2 rings (SSSR count). The molecule has 0 saturated carbocycles. The monoisotopic (exact) mass is 354 g/mol. The second-order valence-corrected chi connectivity index (χ2v) is 5.06. The third-order valence-corrected chi connectivity index (χ3v) is 3.26. The van der Waals surface area contributed by atoms with E-state index in [1.807, 2.05) is 18.2 Å². The van der Waals surface area contributed by atoms with Crippen LogP contribution in [0.25, 0.3) is 0 Å². The van der Waals surface area contributed by atoms with E-state index in [0.29, 0.717) is 11.4 Å². The van der Waals surface area contributed by atoms with E-state index in [-0.39, 0.29) is 5.91 Å². The van der Waals surface area contributed by atoms with Gasteiger partial charge in [0.25, 0.3) is 5.91 Å².